The van der Waals surface area contributed by atoms with Gasteiger partial charge in [0.1, 0.15) is 18.1 Å². The van der Waals surface area contributed by atoms with Gasteiger partial charge in [0.25, 0.3) is 5.91 Å². The van der Waals surface area contributed by atoms with Crippen LogP contribution in [0.25, 0.3) is 0 Å². The van der Waals surface area contributed by atoms with E-state index in [1.54, 1.807) is 12.1 Å². The molecule has 1 saturated heterocycles. The molecule has 1 aliphatic heterocycles. The second-order valence-corrected chi connectivity index (χ2v) is 6.07. The fraction of sp³-hybridized carbons (Fsp3) is 0.368. The standard InChI is InChI=1S/C19H24N4O2.ClH/c1-2-12-25-18-8-4-3-6-15(18)13-21-19(24)17-9-11-23(22-17)16-7-5-10-20-14-16;/h2-4,6,8-9,11,16,20H,1,5,7,10,12-14H2,(H,21,24);1H. The Morgan fingerprint density at radius 2 is 2.27 bits per heavy atom. The average molecular weight is 377 g/mol. The van der Waals surface area contributed by atoms with Gasteiger partial charge < -0.3 is 15.4 Å². The van der Waals surface area contributed by atoms with Gasteiger partial charge in [-0.1, -0.05) is 30.9 Å². The second-order valence-electron chi connectivity index (χ2n) is 6.07. The number of rotatable bonds is 7. The molecule has 0 radical (unpaired) electrons. The number of ether oxygens (including phenoxy) is 1. The van der Waals surface area contributed by atoms with Crippen molar-refractivity contribution in [2.24, 2.45) is 0 Å². The summed E-state index contributed by atoms with van der Waals surface area (Å²) >= 11 is 0. The molecule has 2 N–H and O–H groups in total. The van der Waals surface area contributed by atoms with E-state index in [-0.39, 0.29) is 18.3 Å². The van der Waals surface area contributed by atoms with Crippen molar-refractivity contribution in [1.29, 1.82) is 0 Å². The van der Waals surface area contributed by atoms with Crippen LogP contribution in [0.3, 0.4) is 0 Å². The largest absolute Gasteiger partial charge is 0.489 e. The third kappa shape index (κ3) is 5.09. The fourth-order valence-corrected chi connectivity index (χ4v) is 2.93. The van der Waals surface area contributed by atoms with Gasteiger partial charge in [-0.3, -0.25) is 9.48 Å². The number of amides is 1. The van der Waals surface area contributed by atoms with Crippen molar-refractivity contribution < 1.29 is 9.53 Å². The molecule has 0 spiro atoms. The summed E-state index contributed by atoms with van der Waals surface area (Å²) in [4.78, 5) is 12.4. The Morgan fingerprint density at radius 1 is 1.42 bits per heavy atom. The Morgan fingerprint density at radius 3 is 3.04 bits per heavy atom. The maximum atomic E-state index is 12.4. The zero-order valence-corrected chi connectivity index (χ0v) is 15.5. The van der Waals surface area contributed by atoms with Gasteiger partial charge in [0.15, 0.2) is 0 Å². The van der Waals surface area contributed by atoms with Crippen LogP contribution in [0.15, 0.2) is 49.2 Å². The number of para-hydroxylation sites is 1. The van der Waals surface area contributed by atoms with Crippen LogP contribution in [0.4, 0.5) is 0 Å². The monoisotopic (exact) mass is 376 g/mol. The van der Waals surface area contributed by atoms with E-state index in [4.69, 9.17) is 4.74 Å². The smallest absolute Gasteiger partial charge is 0.272 e. The van der Waals surface area contributed by atoms with Crippen LogP contribution in [-0.4, -0.2) is 35.4 Å². The van der Waals surface area contributed by atoms with E-state index in [9.17, 15) is 4.79 Å². The third-order valence-electron chi connectivity index (χ3n) is 4.25. The van der Waals surface area contributed by atoms with Crippen LogP contribution >= 0.6 is 12.4 Å². The van der Waals surface area contributed by atoms with E-state index in [2.05, 4.69) is 22.3 Å². The molecule has 7 heteroatoms. The lowest BCUT2D eigenvalue weighted by molar-refractivity contribution is 0.0944. The maximum absolute atomic E-state index is 12.4. The van der Waals surface area contributed by atoms with Crippen LogP contribution in [0.1, 0.15) is 34.9 Å². The first kappa shape index (κ1) is 20.0. The molecular formula is C19H25ClN4O2. The van der Waals surface area contributed by atoms with E-state index in [1.165, 1.54) is 0 Å². The van der Waals surface area contributed by atoms with Gasteiger partial charge in [-0.2, -0.15) is 5.10 Å². The van der Waals surface area contributed by atoms with Crippen LogP contribution in [0.5, 0.6) is 5.75 Å². The predicted octanol–water partition coefficient (Wildman–Crippen LogP) is 2.72. The van der Waals surface area contributed by atoms with Crippen LogP contribution in [-0.2, 0) is 6.54 Å². The molecular weight excluding hydrogens is 352 g/mol. The van der Waals surface area contributed by atoms with E-state index in [0.717, 1.165) is 37.2 Å². The quantitative estimate of drug-likeness (QED) is 0.729. The highest BCUT2D eigenvalue weighted by Gasteiger charge is 2.17. The first-order valence-corrected chi connectivity index (χ1v) is 8.63. The molecule has 1 aromatic heterocycles. The van der Waals surface area contributed by atoms with Crippen molar-refractivity contribution in [3.8, 4) is 5.75 Å². The summed E-state index contributed by atoms with van der Waals surface area (Å²) in [7, 11) is 0. The number of carbonyl (C=O) groups excluding carboxylic acids is 1. The lowest BCUT2D eigenvalue weighted by atomic mass is 10.1. The van der Waals surface area contributed by atoms with Crippen molar-refractivity contribution in [2.75, 3.05) is 19.7 Å². The number of hydrogen-bond donors (Lipinski definition) is 2. The molecule has 1 unspecified atom stereocenters. The van der Waals surface area contributed by atoms with E-state index in [1.807, 2.05) is 35.1 Å². The number of carbonyl (C=O) groups is 1. The first-order chi connectivity index (χ1) is 12.3. The van der Waals surface area contributed by atoms with Crippen LogP contribution < -0.4 is 15.4 Å². The SMILES string of the molecule is C=CCOc1ccccc1CNC(=O)c1ccn(C2CCCNC2)n1.Cl. The van der Waals surface area contributed by atoms with Gasteiger partial charge in [-0.05, 0) is 31.5 Å². The molecule has 1 amide bonds. The Balaban J connectivity index is 0.00000243. The number of piperidine rings is 1. The van der Waals surface area contributed by atoms with Crippen LogP contribution in [0.2, 0.25) is 0 Å². The lowest BCUT2D eigenvalue weighted by Gasteiger charge is -2.22. The number of benzene rings is 1. The van der Waals surface area contributed by atoms with Gasteiger partial charge in [-0.15, -0.1) is 12.4 Å². The molecule has 1 fully saturated rings. The van der Waals surface area contributed by atoms with Crippen LogP contribution in [0, 0.1) is 0 Å². The number of nitrogens with one attached hydrogen (secondary N) is 2. The van der Waals surface area contributed by atoms with Crippen molar-refractivity contribution in [2.45, 2.75) is 25.4 Å². The van der Waals surface area contributed by atoms with Crippen molar-refractivity contribution in [3.05, 3.63) is 60.4 Å². The summed E-state index contributed by atoms with van der Waals surface area (Å²) in [5.41, 5.74) is 1.36. The maximum Gasteiger partial charge on any atom is 0.272 e. The van der Waals surface area contributed by atoms with E-state index >= 15 is 0 Å². The van der Waals surface area contributed by atoms with Gasteiger partial charge >= 0.3 is 0 Å². The molecule has 2 aromatic rings. The third-order valence-corrected chi connectivity index (χ3v) is 4.25. The molecule has 1 atom stereocenters. The summed E-state index contributed by atoms with van der Waals surface area (Å²) in [5.74, 6) is 0.572. The average Bonchev–Trinajstić information content (AvgIpc) is 3.16. The highest BCUT2D eigenvalue weighted by Crippen LogP contribution is 2.18. The molecule has 1 aromatic carbocycles. The summed E-state index contributed by atoms with van der Waals surface area (Å²) in [6, 6.07) is 9.74. The fourth-order valence-electron chi connectivity index (χ4n) is 2.93. The molecule has 2 heterocycles. The van der Waals surface area contributed by atoms with Crippen molar-refractivity contribution in [3.63, 3.8) is 0 Å². The molecule has 0 aliphatic carbocycles. The van der Waals surface area contributed by atoms with Gasteiger partial charge in [0, 0.05) is 24.8 Å². The Hall–Kier alpha value is -2.31. The van der Waals surface area contributed by atoms with Crippen molar-refractivity contribution in [1.82, 2.24) is 20.4 Å². The van der Waals surface area contributed by atoms with Crippen molar-refractivity contribution >= 4 is 18.3 Å². The Bertz CT molecular complexity index is 726. The normalized spacial score (nSPS) is 16.4. The van der Waals surface area contributed by atoms with E-state index in [0.29, 0.717) is 24.9 Å². The summed E-state index contributed by atoms with van der Waals surface area (Å²) in [5, 5.41) is 10.7. The number of nitrogens with zero attached hydrogens (tertiary/aromatic N) is 2. The molecule has 26 heavy (non-hydrogen) atoms. The Kier molecular flexibility index (Phi) is 7.69. The first-order valence-electron chi connectivity index (χ1n) is 8.63. The Labute approximate surface area is 160 Å². The molecule has 140 valence electrons. The van der Waals surface area contributed by atoms with Gasteiger partial charge in [0.2, 0.25) is 0 Å². The van der Waals surface area contributed by atoms with E-state index < -0.39 is 0 Å². The molecule has 6 nitrogen and oxygen atoms in total. The minimum atomic E-state index is -0.180. The topological polar surface area (TPSA) is 68.2 Å². The molecule has 1 aliphatic rings. The predicted molar refractivity (Wildman–Crippen MR) is 104 cm³/mol. The number of halogens is 1. The number of aromatic nitrogens is 2. The molecule has 0 saturated carbocycles. The molecule has 3 rings (SSSR count). The minimum absolute atomic E-state index is 0. The second kappa shape index (κ2) is 9.99. The van der Waals surface area contributed by atoms with Gasteiger partial charge in [0.05, 0.1) is 6.04 Å². The summed E-state index contributed by atoms with van der Waals surface area (Å²) < 4.78 is 7.50. The minimum Gasteiger partial charge on any atom is -0.489 e. The number of hydrogen-bond acceptors (Lipinski definition) is 4. The van der Waals surface area contributed by atoms with Gasteiger partial charge in [-0.25, -0.2) is 0 Å². The summed E-state index contributed by atoms with van der Waals surface area (Å²) in [6.07, 6.45) is 5.80. The zero-order chi connectivity index (χ0) is 17.5. The zero-order valence-electron chi connectivity index (χ0n) is 14.7. The highest BCUT2D eigenvalue weighted by molar-refractivity contribution is 5.92. The highest BCUT2D eigenvalue weighted by atomic mass is 35.5. The summed E-state index contributed by atoms with van der Waals surface area (Å²) in [6.45, 7) is 6.43. The molecule has 0 bridgehead atoms. The lowest BCUT2D eigenvalue weighted by Crippen LogP contribution is -2.32.